The van der Waals surface area contributed by atoms with Crippen LogP contribution in [0.2, 0.25) is 0 Å². The van der Waals surface area contributed by atoms with Crippen LogP contribution in [0.3, 0.4) is 0 Å². The lowest BCUT2D eigenvalue weighted by Crippen LogP contribution is -2.19. The van der Waals surface area contributed by atoms with E-state index < -0.39 is 7.14 Å². The molecule has 0 aliphatic heterocycles. The first-order valence-electron chi connectivity index (χ1n) is 7.45. The largest absolute Gasteiger partial charge is 0.313 e. The van der Waals surface area contributed by atoms with Gasteiger partial charge in [-0.1, -0.05) is 84.9 Å². The van der Waals surface area contributed by atoms with Gasteiger partial charge in [0.25, 0.3) is 0 Å². The molecule has 0 aromatic heterocycles. The van der Waals surface area contributed by atoms with E-state index in [1.807, 2.05) is 91.9 Å². The summed E-state index contributed by atoms with van der Waals surface area (Å²) in [7, 11) is -2.68. The van der Waals surface area contributed by atoms with Crippen molar-refractivity contribution in [1.29, 1.82) is 0 Å². The Bertz CT molecular complexity index is 794. The van der Waals surface area contributed by atoms with Crippen LogP contribution in [-0.2, 0) is 10.7 Å². The van der Waals surface area contributed by atoms with Crippen LogP contribution >= 0.6 is 7.14 Å². The second-order valence-corrected chi connectivity index (χ2v) is 8.30. The molecule has 1 nitrogen and oxygen atoms in total. The molecule has 0 aliphatic carbocycles. The van der Waals surface area contributed by atoms with E-state index in [2.05, 4.69) is 0 Å². The molecule has 0 spiro atoms. The van der Waals surface area contributed by atoms with Gasteiger partial charge in [-0.15, -0.1) is 0 Å². The zero-order valence-electron chi connectivity index (χ0n) is 12.6. The van der Waals surface area contributed by atoms with Gasteiger partial charge in [0, 0.05) is 16.8 Å². The zero-order valence-corrected chi connectivity index (χ0v) is 13.5. The molecule has 22 heavy (non-hydrogen) atoms. The molecule has 2 heteroatoms. The lowest BCUT2D eigenvalue weighted by atomic mass is 10.2. The maximum absolute atomic E-state index is 14.0. The van der Waals surface area contributed by atoms with Crippen molar-refractivity contribution >= 4 is 17.8 Å². The molecule has 0 bridgehead atoms. The average molecular weight is 306 g/mol. The summed E-state index contributed by atoms with van der Waals surface area (Å²) in [6, 6.07) is 28.0. The van der Waals surface area contributed by atoms with E-state index in [9.17, 15) is 4.57 Å². The van der Waals surface area contributed by atoms with Crippen LogP contribution in [0.5, 0.6) is 0 Å². The van der Waals surface area contributed by atoms with Crippen molar-refractivity contribution in [2.45, 2.75) is 13.1 Å². The average Bonchev–Trinajstić information content (AvgIpc) is 2.57. The molecule has 0 heterocycles. The van der Waals surface area contributed by atoms with Gasteiger partial charge in [0.15, 0.2) is 0 Å². The second kappa shape index (κ2) is 6.34. The number of rotatable bonds is 4. The van der Waals surface area contributed by atoms with Crippen LogP contribution in [0, 0.1) is 6.92 Å². The van der Waals surface area contributed by atoms with Gasteiger partial charge in [-0.3, -0.25) is 0 Å². The van der Waals surface area contributed by atoms with Gasteiger partial charge in [-0.25, -0.2) is 0 Å². The standard InChI is InChI=1S/C20H19OP/c1-17-10-8-9-15-20(17)22(21,19-13-6-3-7-14-19)16-18-11-4-2-5-12-18/h2-15H,16H2,1H3. The van der Waals surface area contributed by atoms with E-state index in [-0.39, 0.29) is 0 Å². The van der Waals surface area contributed by atoms with E-state index in [1.54, 1.807) is 0 Å². The molecule has 0 amide bonds. The molecule has 110 valence electrons. The Hall–Kier alpha value is -2.11. The Kier molecular flexibility index (Phi) is 4.27. The van der Waals surface area contributed by atoms with Crippen molar-refractivity contribution in [3.8, 4) is 0 Å². The van der Waals surface area contributed by atoms with Crippen molar-refractivity contribution in [2.75, 3.05) is 0 Å². The minimum atomic E-state index is -2.68. The third-order valence-electron chi connectivity index (χ3n) is 3.93. The highest BCUT2D eigenvalue weighted by atomic mass is 31.2. The van der Waals surface area contributed by atoms with Crippen molar-refractivity contribution in [2.24, 2.45) is 0 Å². The summed E-state index contributed by atoms with van der Waals surface area (Å²) >= 11 is 0. The van der Waals surface area contributed by atoms with E-state index in [0.29, 0.717) is 6.16 Å². The van der Waals surface area contributed by atoms with Gasteiger partial charge in [-0.05, 0) is 18.1 Å². The highest BCUT2D eigenvalue weighted by Crippen LogP contribution is 2.47. The molecule has 0 saturated heterocycles. The Balaban J connectivity index is 2.15. The van der Waals surface area contributed by atoms with Crippen LogP contribution in [-0.4, -0.2) is 0 Å². The minimum absolute atomic E-state index is 0.558. The number of hydrogen-bond acceptors (Lipinski definition) is 1. The van der Waals surface area contributed by atoms with Crippen molar-refractivity contribution in [1.82, 2.24) is 0 Å². The highest BCUT2D eigenvalue weighted by molar-refractivity contribution is 7.78. The summed E-state index contributed by atoms with van der Waals surface area (Å²) in [5.41, 5.74) is 2.20. The van der Waals surface area contributed by atoms with Gasteiger partial charge in [0.1, 0.15) is 7.14 Å². The fraction of sp³-hybridized carbons (Fsp3) is 0.100. The fourth-order valence-electron chi connectivity index (χ4n) is 2.79. The van der Waals surface area contributed by atoms with Crippen LogP contribution < -0.4 is 10.6 Å². The molecule has 0 radical (unpaired) electrons. The summed E-state index contributed by atoms with van der Waals surface area (Å²) in [5, 5.41) is 1.89. The zero-order chi connectivity index (χ0) is 15.4. The first kappa shape index (κ1) is 14.8. The van der Waals surface area contributed by atoms with E-state index in [0.717, 1.165) is 21.7 Å². The Morgan fingerprint density at radius 1 is 0.727 bits per heavy atom. The third-order valence-corrected chi connectivity index (χ3v) is 7.15. The second-order valence-electron chi connectivity index (χ2n) is 5.51. The molecule has 3 aromatic rings. The van der Waals surface area contributed by atoms with E-state index >= 15 is 0 Å². The Morgan fingerprint density at radius 3 is 1.91 bits per heavy atom. The summed E-state index contributed by atoms with van der Waals surface area (Å²) in [5.74, 6) is 0. The SMILES string of the molecule is Cc1ccccc1P(=O)(Cc1ccccc1)c1ccccc1. The monoisotopic (exact) mass is 306 g/mol. The quantitative estimate of drug-likeness (QED) is 0.648. The topological polar surface area (TPSA) is 17.1 Å². The maximum atomic E-state index is 14.0. The van der Waals surface area contributed by atoms with Gasteiger partial charge in [0.05, 0.1) is 0 Å². The highest BCUT2D eigenvalue weighted by Gasteiger charge is 2.28. The van der Waals surface area contributed by atoms with Crippen LogP contribution in [0.15, 0.2) is 84.9 Å². The first-order chi connectivity index (χ1) is 10.7. The Morgan fingerprint density at radius 2 is 1.27 bits per heavy atom. The number of benzene rings is 3. The maximum Gasteiger partial charge on any atom is 0.147 e. The molecule has 3 rings (SSSR count). The molecule has 1 atom stereocenters. The van der Waals surface area contributed by atoms with E-state index in [1.165, 1.54) is 0 Å². The molecule has 0 N–H and O–H groups in total. The van der Waals surface area contributed by atoms with Crippen LogP contribution in [0.4, 0.5) is 0 Å². The molecule has 0 fully saturated rings. The smallest absolute Gasteiger partial charge is 0.147 e. The predicted octanol–water partition coefficient (Wildman–Crippen LogP) is 4.51. The minimum Gasteiger partial charge on any atom is -0.313 e. The molecular weight excluding hydrogens is 287 g/mol. The van der Waals surface area contributed by atoms with Crippen molar-refractivity contribution in [3.63, 3.8) is 0 Å². The van der Waals surface area contributed by atoms with Crippen molar-refractivity contribution in [3.05, 3.63) is 96.1 Å². The lowest BCUT2D eigenvalue weighted by Gasteiger charge is -2.21. The van der Waals surface area contributed by atoms with Crippen LogP contribution in [0.1, 0.15) is 11.1 Å². The molecular formula is C20H19OP. The van der Waals surface area contributed by atoms with Gasteiger partial charge >= 0.3 is 0 Å². The summed E-state index contributed by atoms with van der Waals surface area (Å²) in [6.45, 7) is 2.04. The number of aryl methyl sites for hydroxylation is 1. The Labute approximate surface area is 132 Å². The first-order valence-corrected chi connectivity index (χ1v) is 9.34. The van der Waals surface area contributed by atoms with E-state index in [4.69, 9.17) is 0 Å². The van der Waals surface area contributed by atoms with Gasteiger partial charge < -0.3 is 4.57 Å². The number of hydrogen-bond donors (Lipinski definition) is 0. The lowest BCUT2D eigenvalue weighted by molar-refractivity contribution is 0.586. The van der Waals surface area contributed by atoms with Gasteiger partial charge in [-0.2, -0.15) is 0 Å². The molecule has 0 aliphatic rings. The molecule has 0 saturated carbocycles. The predicted molar refractivity (Wildman–Crippen MR) is 94.6 cm³/mol. The summed E-state index contributed by atoms with van der Waals surface area (Å²) in [4.78, 5) is 0. The van der Waals surface area contributed by atoms with Gasteiger partial charge in [0.2, 0.25) is 0 Å². The summed E-state index contributed by atoms with van der Waals surface area (Å²) in [6.07, 6.45) is 0.558. The third kappa shape index (κ3) is 2.91. The molecule has 3 aromatic carbocycles. The normalized spacial score (nSPS) is 13.5. The molecule has 1 unspecified atom stereocenters. The van der Waals surface area contributed by atoms with Crippen molar-refractivity contribution < 1.29 is 4.57 Å². The summed E-state index contributed by atoms with van der Waals surface area (Å²) < 4.78 is 14.0. The fourth-order valence-corrected chi connectivity index (χ4v) is 5.77. The van der Waals surface area contributed by atoms with Crippen LogP contribution in [0.25, 0.3) is 0 Å².